The normalized spacial score (nSPS) is 10.9. The Morgan fingerprint density at radius 1 is 0.929 bits per heavy atom. The fraction of sp³-hybridized carbons (Fsp3) is 0.0909. The molecule has 28 heavy (non-hydrogen) atoms. The third kappa shape index (κ3) is 3.58. The van der Waals surface area contributed by atoms with E-state index in [1.165, 1.54) is 0 Å². The van der Waals surface area contributed by atoms with Crippen molar-refractivity contribution in [1.82, 2.24) is 0 Å². The number of fused-ring (bicyclic) bond motifs is 3. The molecule has 6 heteroatoms. The van der Waals surface area contributed by atoms with Gasteiger partial charge in [0, 0.05) is 16.5 Å². The van der Waals surface area contributed by atoms with Crippen LogP contribution in [0.5, 0.6) is 0 Å². The van der Waals surface area contributed by atoms with Gasteiger partial charge < -0.3 is 19.6 Å². The number of rotatable bonds is 5. The average molecular weight is 375 g/mol. The lowest BCUT2D eigenvalue weighted by molar-refractivity contribution is -0.119. The first-order chi connectivity index (χ1) is 13.6. The summed E-state index contributed by atoms with van der Waals surface area (Å²) >= 11 is 0. The molecule has 0 aliphatic heterocycles. The second-order valence-electron chi connectivity index (χ2n) is 6.29. The second kappa shape index (κ2) is 7.54. The van der Waals surface area contributed by atoms with Crippen molar-refractivity contribution >= 4 is 39.5 Å². The fourth-order valence-electron chi connectivity index (χ4n) is 2.96. The zero-order valence-electron chi connectivity index (χ0n) is 14.8. The molecule has 0 aliphatic carbocycles. The molecule has 0 spiro atoms. The summed E-state index contributed by atoms with van der Waals surface area (Å²) in [6.07, 6.45) is 0. The third-order valence-electron chi connectivity index (χ3n) is 4.37. The second-order valence-corrected chi connectivity index (χ2v) is 6.29. The van der Waals surface area contributed by atoms with Gasteiger partial charge in [0.2, 0.25) is 0 Å². The first-order valence-corrected chi connectivity index (χ1v) is 8.72. The number of aliphatic hydroxyl groups excluding tert-OH is 1. The summed E-state index contributed by atoms with van der Waals surface area (Å²) in [6, 6.07) is 19.4. The molecular formula is C22H17NO5. The third-order valence-corrected chi connectivity index (χ3v) is 4.37. The van der Waals surface area contributed by atoms with Crippen molar-refractivity contribution in [2.75, 3.05) is 11.9 Å². The van der Waals surface area contributed by atoms with Gasteiger partial charge in [-0.2, -0.15) is 0 Å². The van der Waals surface area contributed by atoms with Crippen LogP contribution >= 0.6 is 0 Å². The summed E-state index contributed by atoms with van der Waals surface area (Å²) in [4.78, 5) is 24.2. The summed E-state index contributed by atoms with van der Waals surface area (Å²) < 4.78 is 10.8. The van der Waals surface area contributed by atoms with Crippen molar-refractivity contribution in [1.29, 1.82) is 0 Å². The minimum atomic E-state index is -0.601. The molecule has 6 nitrogen and oxygen atoms in total. The SMILES string of the molecule is O=C(COC(=O)c1ccc(CO)cc1)Nc1ccc2oc3ccccc3c2c1. The van der Waals surface area contributed by atoms with Crippen molar-refractivity contribution in [3.63, 3.8) is 0 Å². The highest BCUT2D eigenvalue weighted by molar-refractivity contribution is 6.07. The summed E-state index contributed by atoms with van der Waals surface area (Å²) in [5, 5.41) is 13.6. The number of benzene rings is 3. The molecule has 0 unspecified atom stereocenters. The molecule has 4 rings (SSSR count). The maximum Gasteiger partial charge on any atom is 0.338 e. The standard InChI is InChI=1S/C22H17NO5/c24-12-14-5-7-15(8-6-14)22(26)27-13-21(25)23-16-9-10-20-18(11-16)17-3-1-2-4-19(17)28-20/h1-11,24H,12-13H2,(H,23,25). The van der Waals surface area contributed by atoms with E-state index >= 15 is 0 Å². The van der Waals surface area contributed by atoms with E-state index in [9.17, 15) is 9.59 Å². The Labute approximate surface area is 160 Å². The van der Waals surface area contributed by atoms with Crippen LogP contribution in [0.25, 0.3) is 21.9 Å². The molecule has 2 N–H and O–H groups in total. The van der Waals surface area contributed by atoms with Gasteiger partial charge in [-0.15, -0.1) is 0 Å². The van der Waals surface area contributed by atoms with Crippen LogP contribution in [0.4, 0.5) is 5.69 Å². The quantitative estimate of drug-likeness (QED) is 0.517. The number of ether oxygens (including phenoxy) is 1. The number of carbonyl (C=O) groups is 2. The van der Waals surface area contributed by atoms with Gasteiger partial charge >= 0.3 is 5.97 Å². The highest BCUT2D eigenvalue weighted by Gasteiger charge is 2.12. The van der Waals surface area contributed by atoms with Crippen LogP contribution in [0.2, 0.25) is 0 Å². The van der Waals surface area contributed by atoms with Gasteiger partial charge in [0.25, 0.3) is 5.91 Å². The fourth-order valence-corrected chi connectivity index (χ4v) is 2.96. The lowest BCUT2D eigenvalue weighted by Crippen LogP contribution is -2.20. The Balaban J connectivity index is 1.41. The van der Waals surface area contributed by atoms with E-state index in [2.05, 4.69) is 5.32 Å². The zero-order chi connectivity index (χ0) is 19.5. The summed E-state index contributed by atoms with van der Waals surface area (Å²) in [6.45, 7) is -0.501. The van der Waals surface area contributed by atoms with Crippen LogP contribution in [-0.4, -0.2) is 23.6 Å². The molecule has 0 atom stereocenters. The molecular weight excluding hydrogens is 358 g/mol. The molecule has 0 fully saturated rings. The van der Waals surface area contributed by atoms with Gasteiger partial charge in [0.15, 0.2) is 6.61 Å². The predicted molar refractivity (Wildman–Crippen MR) is 105 cm³/mol. The molecule has 0 radical (unpaired) electrons. The number of para-hydroxylation sites is 1. The number of esters is 1. The number of hydrogen-bond donors (Lipinski definition) is 2. The highest BCUT2D eigenvalue weighted by atomic mass is 16.5. The topological polar surface area (TPSA) is 88.8 Å². The zero-order valence-corrected chi connectivity index (χ0v) is 14.8. The number of anilines is 1. The van der Waals surface area contributed by atoms with Gasteiger partial charge in [-0.05, 0) is 42.0 Å². The molecule has 0 aliphatic rings. The maximum atomic E-state index is 12.1. The van der Waals surface area contributed by atoms with Crippen LogP contribution in [0.3, 0.4) is 0 Å². The van der Waals surface area contributed by atoms with E-state index in [1.54, 1.807) is 36.4 Å². The molecule has 1 heterocycles. The average Bonchev–Trinajstić information content (AvgIpc) is 3.10. The van der Waals surface area contributed by atoms with E-state index in [0.29, 0.717) is 16.8 Å². The Bertz CT molecular complexity index is 1160. The monoisotopic (exact) mass is 375 g/mol. The van der Waals surface area contributed by atoms with Gasteiger partial charge in [-0.25, -0.2) is 4.79 Å². The van der Waals surface area contributed by atoms with E-state index < -0.39 is 18.5 Å². The molecule has 1 aromatic heterocycles. The van der Waals surface area contributed by atoms with Crippen molar-refractivity contribution in [3.8, 4) is 0 Å². The highest BCUT2D eigenvalue weighted by Crippen LogP contribution is 2.30. The van der Waals surface area contributed by atoms with Crippen molar-refractivity contribution < 1.29 is 23.8 Å². The first kappa shape index (κ1) is 17.8. The Kier molecular flexibility index (Phi) is 4.78. The van der Waals surface area contributed by atoms with Crippen LogP contribution in [-0.2, 0) is 16.1 Å². The van der Waals surface area contributed by atoms with Crippen LogP contribution in [0.15, 0.2) is 71.1 Å². The molecule has 140 valence electrons. The number of nitrogens with one attached hydrogen (secondary N) is 1. The number of furan rings is 1. The van der Waals surface area contributed by atoms with Crippen LogP contribution in [0.1, 0.15) is 15.9 Å². The molecule has 1 amide bonds. The Hall–Kier alpha value is -3.64. The minimum Gasteiger partial charge on any atom is -0.456 e. The lowest BCUT2D eigenvalue weighted by atomic mass is 10.1. The van der Waals surface area contributed by atoms with Gasteiger partial charge in [-0.1, -0.05) is 30.3 Å². The number of hydrogen-bond acceptors (Lipinski definition) is 5. The van der Waals surface area contributed by atoms with E-state index in [1.807, 2.05) is 30.3 Å². The number of aliphatic hydroxyl groups is 1. The summed E-state index contributed by atoms with van der Waals surface area (Å²) in [5.74, 6) is -1.04. The van der Waals surface area contributed by atoms with Gasteiger partial charge in [0.1, 0.15) is 11.2 Å². The summed E-state index contributed by atoms with van der Waals surface area (Å²) in [7, 11) is 0. The van der Waals surface area contributed by atoms with Gasteiger partial charge in [0.05, 0.1) is 12.2 Å². The summed E-state index contributed by atoms with van der Waals surface area (Å²) in [5.41, 5.74) is 3.11. The van der Waals surface area contributed by atoms with E-state index in [0.717, 1.165) is 21.9 Å². The molecule has 4 aromatic rings. The first-order valence-electron chi connectivity index (χ1n) is 8.72. The van der Waals surface area contributed by atoms with E-state index in [4.69, 9.17) is 14.3 Å². The molecule has 0 bridgehead atoms. The van der Waals surface area contributed by atoms with Gasteiger partial charge in [-0.3, -0.25) is 4.79 Å². The molecule has 0 saturated heterocycles. The largest absolute Gasteiger partial charge is 0.456 e. The number of amides is 1. The Morgan fingerprint density at radius 2 is 1.68 bits per heavy atom. The Morgan fingerprint density at radius 3 is 2.46 bits per heavy atom. The molecule has 0 saturated carbocycles. The maximum absolute atomic E-state index is 12.1. The predicted octanol–water partition coefficient (Wildman–Crippen LogP) is 3.87. The lowest BCUT2D eigenvalue weighted by Gasteiger charge is -2.07. The van der Waals surface area contributed by atoms with Crippen molar-refractivity contribution in [2.45, 2.75) is 6.61 Å². The van der Waals surface area contributed by atoms with E-state index in [-0.39, 0.29) is 6.61 Å². The number of carbonyl (C=O) groups excluding carboxylic acids is 2. The minimum absolute atomic E-state index is 0.103. The van der Waals surface area contributed by atoms with Crippen molar-refractivity contribution in [3.05, 3.63) is 77.9 Å². The smallest absolute Gasteiger partial charge is 0.338 e. The van der Waals surface area contributed by atoms with Crippen LogP contribution in [0, 0.1) is 0 Å². The van der Waals surface area contributed by atoms with Crippen LogP contribution < -0.4 is 5.32 Å². The van der Waals surface area contributed by atoms with Crippen molar-refractivity contribution in [2.24, 2.45) is 0 Å². The molecule has 3 aromatic carbocycles.